The minimum atomic E-state index is -0.698. The summed E-state index contributed by atoms with van der Waals surface area (Å²) in [6.45, 7) is 3.03. The van der Waals surface area contributed by atoms with E-state index in [4.69, 9.17) is 30.4 Å². The molecule has 4 rings (SSSR count). The van der Waals surface area contributed by atoms with Crippen molar-refractivity contribution in [2.75, 3.05) is 13.1 Å². The van der Waals surface area contributed by atoms with Gasteiger partial charge in [0, 0.05) is 31.5 Å². The summed E-state index contributed by atoms with van der Waals surface area (Å²) in [6, 6.07) is 11.4. The third-order valence-corrected chi connectivity index (χ3v) is 5.54. The predicted octanol–water partition coefficient (Wildman–Crippen LogP) is 2.32. The van der Waals surface area contributed by atoms with Crippen molar-refractivity contribution < 1.29 is 18.7 Å². The highest BCUT2D eigenvalue weighted by Crippen LogP contribution is 2.22. The van der Waals surface area contributed by atoms with E-state index in [1.807, 2.05) is 4.90 Å². The van der Waals surface area contributed by atoms with Gasteiger partial charge < -0.3 is 24.5 Å². The minimum Gasteiger partial charge on any atom is -0.490 e. The number of nitrogens with two attached hydrogens (primary N) is 1. The van der Waals surface area contributed by atoms with Crippen LogP contribution < -0.4 is 21.0 Å². The number of carbonyl (C=O) groups is 1. The van der Waals surface area contributed by atoms with Crippen LogP contribution in [0, 0.1) is 10.8 Å². The molecule has 172 valence electrons. The van der Waals surface area contributed by atoms with Gasteiger partial charge in [-0.1, -0.05) is 0 Å². The molecule has 0 aliphatic carbocycles. The number of hydrogen-bond acceptors (Lipinski definition) is 7. The molecule has 10 nitrogen and oxygen atoms in total. The number of esters is 1. The standard InChI is InChI=1S/C23H25N5O5/c1-14(24)27-10-8-18(9-11-27)31-16-3-5-17(6-4-16)32-21(29)13-28-19-12-15(22(25)26)2-7-20(19)33-23(28)30/h2-7,12,18,24H,8-11,13H2,1H3,(H3,25,26). The van der Waals surface area contributed by atoms with Gasteiger partial charge in [0.25, 0.3) is 0 Å². The minimum absolute atomic E-state index is 0.0788. The fourth-order valence-electron chi connectivity index (χ4n) is 3.76. The summed E-state index contributed by atoms with van der Waals surface area (Å²) in [5, 5.41) is 15.3. The van der Waals surface area contributed by atoms with Gasteiger partial charge in [0.1, 0.15) is 30.0 Å². The molecule has 0 bridgehead atoms. The van der Waals surface area contributed by atoms with Crippen molar-refractivity contribution in [2.24, 2.45) is 5.73 Å². The van der Waals surface area contributed by atoms with Gasteiger partial charge in [0.05, 0.1) is 11.4 Å². The highest BCUT2D eigenvalue weighted by Gasteiger charge is 2.21. The molecule has 0 saturated carbocycles. The van der Waals surface area contributed by atoms with E-state index in [1.54, 1.807) is 37.3 Å². The maximum Gasteiger partial charge on any atom is 0.420 e. The fourth-order valence-corrected chi connectivity index (χ4v) is 3.76. The third kappa shape index (κ3) is 5.05. The number of fused-ring (bicyclic) bond motifs is 1. The zero-order valence-electron chi connectivity index (χ0n) is 18.2. The Morgan fingerprint density at radius 3 is 2.42 bits per heavy atom. The Bertz CT molecular complexity index is 1250. The topological polar surface area (TPSA) is 148 Å². The molecule has 10 heteroatoms. The van der Waals surface area contributed by atoms with Crippen molar-refractivity contribution in [1.29, 1.82) is 10.8 Å². The number of benzene rings is 2. The first kappa shape index (κ1) is 22.1. The molecule has 1 aliphatic rings. The quantitative estimate of drug-likeness (QED) is 0.225. The fraction of sp³-hybridized carbons (Fsp3) is 0.304. The number of nitrogens with one attached hydrogen (secondary N) is 2. The first-order chi connectivity index (χ1) is 15.8. The van der Waals surface area contributed by atoms with E-state index in [0.29, 0.717) is 34.0 Å². The Balaban J connectivity index is 1.37. The molecule has 0 spiro atoms. The van der Waals surface area contributed by atoms with Crippen LogP contribution in [0.2, 0.25) is 0 Å². The number of oxazole rings is 1. The lowest BCUT2D eigenvalue weighted by atomic mass is 10.1. The number of hydrogen-bond donors (Lipinski definition) is 3. The molecule has 4 N–H and O–H groups in total. The molecule has 33 heavy (non-hydrogen) atoms. The lowest BCUT2D eigenvalue weighted by Crippen LogP contribution is -2.40. The van der Waals surface area contributed by atoms with E-state index in [9.17, 15) is 9.59 Å². The van der Waals surface area contributed by atoms with Gasteiger partial charge in [-0.25, -0.2) is 9.59 Å². The van der Waals surface area contributed by atoms with Crippen LogP contribution in [-0.4, -0.2) is 46.3 Å². The van der Waals surface area contributed by atoms with Crippen LogP contribution in [0.3, 0.4) is 0 Å². The molecular weight excluding hydrogens is 426 g/mol. The molecule has 0 amide bonds. The second-order valence-corrected chi connectivity index (χ2v) is 7.89. The number of rotatable bonds is 6. The summed E-state index contributed by atoms with van der Waals surface area (Å²) < 4.78 is 17.7. The van der Waals surface area contributed by atoms with Crippen LogP contribution in [0.1, 0.15) is 25.3 Å². The van der Waals surface area contributed by atoms with E-state index in [0.717, 1.165) is 30.5 Å². The molecule has 0 unspecified atom stereocenters. The number of ether oxygens (including phenoxy) is 2. The number of likely N-dealkylation sites (tertiary alicyclic amines) is 1. The van der Waals surface area contributed by atoms with E-state index >= 15 is 0 Å². The zero-order chi connectivity index (χ0) is 23.5. The normalized spacial score (nSPS) is 14.3. The van der Waals surface area contributed by atoms with E-state index < -0.39 is 11.7 Å². The summed E-state index contributed by atoms with van der Waals surface area (Å²) in [6.07, 6.45) is 1.76. The van der Waals surface area contributed by atoms with Crippen molar-refractivity contribution >= 4 is 28.7 Å². The van der Waals surface area contributed by atoms with Gasteiger partial charge in [-0.15, -0.1) is 0 Å². The Hall–Kier alpha value is -4.08. The monoisotopic (exact) mass is 451 g/mol. The highest BCUT2D eigenvalue weighted by molar-refractivity contribution is 5.97. The van der Waals surface area contributed by atoms with Gasteiger partial charge in [0.2, 0.25) is 0 Å². The van der Waals surface area contributed by atoms with E-state index in [-0.39, 0.29) is 18.5 Å². The maximum atomic E-state index is 12.4. The number of aromatic nitrogens is 1. The van der Waals surface area contributed by atoms with E-state index in [1.165, 1.54) is 12.1 Å². The van der Waals surface area contributed by atoms with Crippen molar-refractivity contribution in [3.63, 3.8) is 0 Å². The molecule has 1 aliphatic heterocycles. The lowest BCUT2D eigenvalue weighted by molar-refractivity contribution is -0.135. The first-order valence-corrected chi connectivity index (χ1v) is 10.6. The number of piperidine rings is 1. The van der Waals surface area contributed by atoms with Gasteiger partial charge in [-0.2, -0.15) is 0 Å². The third-order valence-electron chi connectivity index (χ3n) is 5.54. The summed E-state index contributed by atoms with van der Waals surface area (Å²) in [4.78, 5) is 26.6. The SMILES string of the molecule is CC(=N)N1CCC(Oc2ccc(OC(=O)Cn3c(=O)oc4ccc(C(=N)N)cc43)cc2)CC1. The Kier molecular flexibility index (Phi) is 6.16. The van der Waals surface area contributed by atoms with E-state index in [2.05, 4.69) is 0 Å². The van der Waals surface area contributed by atoms with Gasteiger partial charge in [-0.05, 0) is 49.4 Å². The van der Waals surface area contributed by atoms with Crippen LogP contribution >= 0.6 is 0 Å². The van der Waals surface area contributed by atoms with Crippen LogP contribution in [0.4, 0.5) is 0 Å². The summed E-state index contributed by atoms with van der Waals surface area (Å²) in [5.41, 5.74) is 6.57. The average molecular weight is 451 g/mol. The smallest absolute Gasteiger partial charge is 0.420 e. The van der Waals surface area contributed by atoms with Crippen molar-refractivity contribution in [3.05, 3.63) is 58.6 Å². The maximum absolute atomic E-state index is 12.4. The van der Waals surface area contributed by atoms with Crippen LogP contribution in [0.25, 0.3) is 11.1 Å². The Labute approximate surface area is 189 Å². The van der Waals surface area contributed by atoms with Crippen molar-refractivity contribution in [3.8, 4) is 11.5 Å². The molecule has 0 radical (unpaired) electrons. The van der Waals surface area contributed by atoms with Crippen LogP contribution in [0.15, 0.2) is 51.7 Å². The average Bonchev–Trinajstić information content (AvgIpc) is 3.09. The molecule has 1 aromatic heterocycles. The Morgan fingerprint density at radius 1 is 1.12 bits per heavy atom. The molecule has 2 aromatic carbocycles. The largest absolute Gasteiger partial charge is 0.490 e. The second kappa shape index (κ2) is 9.19. The molecule has 2 heterocycles. The molecule has 3 aromatic rings. The molecule has 1 saturated heterocycles. The number of nitrogen functional groups attached to an aromatic ring is 1. The van der Waals surface area contributed by atoms with Crippen molar-refractivity contribution in [2.45, 2.75) is 32.4 Å². The van der Waals surface area contributed by atoms with Crippen LogP contribution in [-0.2, 0) is 11.3 Å². The summed E-state index contributed by atoms with van der Waals surface area (Å²) in [7, 11) is 0. The molecule has 1 fully saturated rings. The second-order valence-electron chi connectivity index (χ2n) is 7.89. The first-order valence-electron chi connectivity index (χ1n) is 10.6. The van der Waals surface area contributed by atoms with Crippen LogP contribution in [0.5, 0.6) is 11.5 Å². The predicted molar refractivity (Wildman–Crippen MR) is 122 cm³/mol. The van der Waals surface area contributed by atoms with Gasteiger partial charge >= 0.3 is 11.7 Å². The van der Waals surface area contributed by atoms with Gasteiger partial charge in [-0.3, -0.25) is 15.4 Å². The van der Waals surface area contributed by atoms with Crippen molar-refractivity contribution in [1.82, 2.24) is 9.47 Å². The zero-order valence-corrected chi connectivity index (χ0v) is 18.2. The number of carbonyl (C=O) groups excluding carboxylic acids is 1. The summed E-state index contributed by atoms with van der Waals surface area (Å²) in [5.74, 6) is 0.0780. The molecular formula is C23H25N5O5. The molecule has 0 atom stereocenters. The number of amidine groups is 2. The lowest BCUT2D eigenvalue weighted by Gasteiger charge is -2.32. The van der Waals surface area contributed by atoms with Gasteiger partial charge in [0.15, 0.2) is 5.58 Å². The highest BCUT2D eigenvalue weighted by atomic mass is 16.5. The Morgan fingerprint density at radius 2 is 1.79 bits per heavy atom. The number of nitrogens with zero attached hydrogens (tertiary/aromatic N) is 2. The summed E-state index contributed by atoms with van der Waals surface area (Å²) >= 11 is 0.